The van der Waals surface area contributed by atoms with Gasteiger partial charge in [-0.2, -0.15) is 0 Å². The summed E-state index contributed by atoms with van der Waals surface area (Å²) in [7, 11) is -3.76. The molecule has 0 aliphatic rings. The van der Waals surface area contributed by atoms with Crippen molar-refractivity contribution in [1.82, 2.24) is 4.72 Å². The smallest absolute Gasteiger partial charge is 0.248 e. The third-order valence-electron chi connectivity index (χ3n) is 2.89. The average Bonchev–Trinajstić information content (AvgIpc) is 2.46. The van der Waals surface area contributed by atoms with E-state index >= 15 is 0 Å². The van der Waals surface area contributed by atoms with Crippen LogP contribution in [0.15, 0.2) is 53.4 Å². The molecule has 0 heterocycles. The average molecular weight is 305 g/mol. The number of carbonyl (C=O) groups excluding carboxylic acids is 1. The maximum absolute atomic E-state index is 12.2. The van der Waals surface area contributed by atoms with Crippen molar-refractivity contribution in [1.29, 1.82) is 0 Å². The first-order valence-corrected chi connectivity index (χ1v) is 7.61. The number of carbonyl (C=O) groups is 1. The third kappa shape index (κ3) is 3.59. The summed E-state index contributed by atoms with van der Waals surface area (Å²) < 4.78 is 26.9. The van der Waals surface area contributed by atoms with Gasteiger partial charge in [-0.15, -0.1) is 0 Å². The molecule has 0 aliphatic heterocycles. The fourth-order valence-electron chi connectivity index (χ4n) is 1.80. The first-order valence-electron chi connectivity index (χ1n) is 6.13. The lowest BCUT2D eigenvalue weighted by molar-refractivity contribution is 0.1000. The second-order valence-electron chi connectivity index (χ2n) is 4.43. The Morgan fingerprint density at radius 3 is 2.33 bits per heavy atom. The minimum atomic E-state index is -3.76. The quantitative estimate of drug-likeness (QED) is 0.710. The van der Waals surface area contributed by atoms with Gasteiger partial charge in [0.15, 0.2) is 0 Å². The molecule has 0 aromatic heterocycles. The Morgan fingerprint density at radius 2 is 1.76 bits per heavy atom. The van der Waals surface area contributed by atoms with Gasteiger partial charge in [0.25, 0.3) is 0 Å². The van der Waals surface area contributed by atoms with Gasteiger partial charge in [0.2, 0.25) is 15.9 Å². The number of rotatable bonds is 5. The number of amides is 1. The molecule has 6 nitrogen and oxygen atoms in total. The Hall–Kier alpha value is -2.38. The number of nitrogens with one attached hydrogen (secondary N) is 1. The van der Waals surface area contributed by atoms with Crippen LogP contribution >= 0.6 is 0 Å². The molecule has 110 valence electrons. The highest BCUT2D eigenvalue weighted by Gasteiger charge is 2.18. The summed E-state index contributed by atoms with van der Waals surface area (Å²) in [5.41, 5.74) is 11.8. The molecule has 0 fully saturated rings. The number of nitrogen functional groups attached to an aromatic ring is 1. The van der Waals surface area contributed by atoms with E-state index in [0.717, 1.165) is 5.56 Å². The van der Waals surface area contributed by atoms with E-state index in [1.165, 1.54) is 18.2 Å². The fourth-order valence-corrected chi connectivity index (χ4v) is 2.93. The van der Waals surface area contributed by atoms with E-state index in [2.05, 4.69) is 4.72 Å². The van der Waals surface area contributed by atoms with Gasteiger partial charge in [-0.25, -0.2) is 13.1 Å². The van der Waals surface area contributed by atoms with Crippen LogP contribution in [0.4, 0.5) is 5.69 Å². The Balaban J connectivity index is 2.22. The molecule has 2 rings (SSSR count). The van der Waals surface area contributed by atoms with Gasteiger partial charge in [-0.1, -0.05) is 30.3 Å². The second-order valence-corrected chi connectivity index (χ2v) is 6.16. The molecule has 0 radical (unpaired) electrons. The highest BCUT2D eigenvalue weighted by molar-refractivity contribution is 7.89. The maximum atomic E-state index is 12.2. The largest absolute Gasteiger partial charge is 0.398 e. The number of sulfonamides is 1. The molecular formula is C14H15N3O3S. The lowest BCUT2D eigenvalue weighted by atomic mass is 10.2. The first-order chi connectivity index (χ1) is 9.90. The lowest BCUT2D eigenvalue weighted by Gasteiger charge is -2.10. The summed E-state index contributed by atoms with van der Waals surface area (Å²) in [5, 5.41) is 0. The highest BCUT2D eigenvalue weighted by Crippen LogP contribution is 2.19. The van der Waals surface area contributed by atoms with Gasteiger partial charge >= 0.3 is 0 Å². The van der Waals surface area contributed by atoms with Crippen molar-refractivity contribution >= 4 is 21.6 Å². The SMILES string of the molecule is NC(=O)c1ccc(S(=O)(=O)NCc2ccccc2)c(N)c1. The van der Waals surface area contributed by atoms with Crippen LogP contribution < -0.4 is 16.2 Å². The molecule has 0 spiro atoms. The van der Waals surface area contributed by atoms with E-state index in [1.54, 1.807) is 0 Å². The number of benzene rings is 2. The molecule has 1 amide bonds. The summed E-state index contributed by atoms with van der Waals surface area (Å²) in [6.07, 6.45) is 0. The second kappa shape index (κ2) is 5.94. The zero-order valence-electron chi connectivity index (χ0n) is 11.1. The standard InChI is InChI=1S/C14H15N3O3S/c15-12-8-11(14(16)18)6-7-13(12)21(19,20)17-9-10-4-2-1-3-5-10/h1-8,17H,9,15H2,(H2,16,18). The molecule has 2 aromatic rings. The molecule has 0 aliphatic carbocycles. The first kappa shape index (κ1) is 15.0. The summed E-state index contributed by atoms with van der Waals surface area (Å²) >= 11 is 0. The Kier molecular flexibility index (Phi) is 4.25. The number of primary amides is 1. The lowest BCUT2D eigenvalue weighted by Crippen LogP contribution is -2.24. The zero-order valence-corrected chi connectivity index (χ0v) is 11.9. The van der Waals surface area contributed by atoms with Crippen molar-refractivity contribution in [2.45, 2.75) is 11.4 Å². The van der Waals surface area contributed by atoms with Gasteiger partial charge in [0, 0.05) is 12.1 Å². The molecule has 0 bridgehead atoms. The fraction of sp³-hybridized carbons (Fsp3) is 0.0714. The Labute approximate surface area is 122 Å². The van der Waals surface area contributed by atoms with Crippen LogP contribution in [0.25, 0.3) is 0 Å². The number of hydrogen-bond acceptors (Lipinski definition) is 4. The molecule has 2 aromatic carbocycles. The van der Waals surface area contributed by atoms with Gasteiger partial charge < -0.3 is 11.5 Å². The predicted molar refractivity (Wildman–Crippen MR) is 79.8 cm³/mol. The monoisotopic (exact) mass is 305 g/mol. The van der Waals surface area contributed by atoms with Crippen LogP contribution in [-0.2, 0) is 16.6 Å². The third-order valence-corrected chi connectivity index (χ3v) is 4.37. The molecule has 0 unspecified atom stereocenters. The van der Waals surface area contributed by atoms with Gasteiger partial charge in [-0.3, -0.25) is 4.79 Å². The van der Waals surface area contributed by atoms with Crippen LogP contribution in [0.1, 0.15) is 15.9 Å². The van der Waals surface area contributed by atoms with Crippen LogP contribution in [-0.4, -0.2) is 14.3 Å². The Morgan fingerprint density at radius 1 is 1.10 bits per heavy atom. The highest BCUT2D eigenvalue weighted by atomic mass is 32.2. The normalized spacial score (nSPS) is 11.2. The predicted octanol–water partition coefficient (Wildman–Crippen LogP) is 0.846. The van der Waals surface area contributed by atoms with Gasteiger partial charge in [-0.05, 0) is 23.8 Å². The molecular weight excluding hydrogens is 290 g/mol. The van der Waals surface area contributed by atoms with E-state index in [-0.39, 0.29) is 22.7 Å². The van der Waals surface area contributed by atoms with E-state index in [1.807, 2.05) is 30.3 Å². The number of nitrogens with two attached hydrogens (primary N) is 2. The Bertz CT molecular complexity index is 758. The van der Waals surface area contributed by atoms with Gasteiger partial charge in [0.05, 0.1) is 5.69 Å². The molecule has 21 heavy (non-hydrogen) atoms. The molecule has 0 saturated carbocycles. The van der Waals surface area contributed by atoms with Gasteiger partial charge in [0.1, 0.15) is 4.90 Å². The van der Waals surface area contributed by atoms with E-state index in [0.29, 0.717) is 0 Å². The van der Waals surface area contributed by atoms with Crippen molar-refractivity contribution in [3.63, 3.8) is 0 Å². The van der Waals surface area contributed by atoms with E-state index in [9.17, 15) is 13.2 Å². The summed E-state index contributed by atoms with van der Waals surface area (Å²) in [6, 6.07) is 12.9. The van der Waals surface area contributed by atoms with Crippen molar-refractivity contribution in [3.8, 4) is 0 Å². The van der Waals surface area contributed by atoms with Crippen LogP contribution in [0, 0.1) is 0 Å². The van der Waals surface area contributed by atoms with Crippen LogP contribution in [0.2, 0.25) is 0 Å². The molecule has 0 saturated heterocycles. The van der Waals surface area contributed by atoms with Crippen molar-refractivity contribution in [2.24, 2.45) is 5.73 Å². The number of hydrogen-bond donors (Lipinski definition) is 3. The van der Waals surface area contributed by atoms with E-state index < -0.39 is 15.9 Å². The molecule has 5 N–H and O–H groups in total. The molecule has 7 heteroatoms. The maximum Gasteiger partial charge on any atom is 0.248 e. The van der Waals surface area contributed by atoms with Crippen molar-refractivity contribution < 1.29 is 13.2 Å². The van der Waals surface area contributed by atoms with Crippen molar-refractivity contribution in [2.75, 3.05) is 5.73 Å². The van der Waals surface area contributed by atoms with Crippen molar-refractivity contribution in [3.05, 3.63) is 59.7 Å². The minimum Gasteiger partial charge on any atom is -0.398 e. The summed E-state index contributed by atoms with van der Waals surface area (Å²) in [5.74, 6) is -0.664. The zero-order chi connectivity index (χ0) is 15.5. The molecule has 0 atom stereocenters. The summed E-state index contributed by atoms with van der Waals surface area (Å²) in [6.45, 7) is 0.153. The van der Waals surface area contributed by atoms with Crippen LogP contribution in [0.3, 0.4) is 0 Å². The summed E-state index contributed by atoms with van der Waals surface area (Å²) in [4.78, 5) is 10.9. The number of anilines is 1. The van der Waals surface area contributed by atoms with Crippen LogP contribution in [0.5, 0.6) is 0 Å². The van der Waals surface area contributed by atoms with E-state index in [4.69, 9.17) is 11.5 Å². The minimum absolute atomic E-state index is 0.0214. The topological polar surface area (TPSA) is 115 Å².